The van der Waals surface area contributed by atoms with Gasteiger partial charge in [0.05, 0.1) is 5.69 Å². The molecular formula is C16H18N4O2. The summed E-state index contributed by atoms with van der Waals surface area (Å²) in [5, 5.41) is 3.44. The first-order chi connectivity index (χ1) is 10.6. The third kappa shape index (κ3) is 2.20. The van der Waals surface area contributed by atoms with E-state index in [0.717, 1.165) is 37.3 Å². The summed E-state index contributed by atoms with van der Waals surface area (Å²) in [6.45, 7) is 4.41. The standard InChI is InChI=1S/C16H18N4O2/c1-9-18-13(5-15(21)19-9)11-3-14-12-2-10(6-17-7-12)8-20(14)16(22)4-11/h3-5,10,12,17H,2,6-8H2,1H3,(H,18,19,21)/t10-,12+/m0/s1. The lowest BCUT2D eigenvalue weighted by atomic mass is 9.83. The Morgan fingerprint density at radius 1 is 1.23 bits per heavy atom. The van der Waals surface area contributed by atoms with Crippen LogP contribution in [0.5, 0.6) is 0 Å². The minimum atomic E-state index is -0.195. The number of H-pyrrole nitrogens is 1. The molecule has 2 aromatic heterocycles. The van der Waals surface area contributed by atoms with Crippen molar-refractivity contribution in [2.45, 2.75) is 25.8 Å². The van der Waals surface area contributed by atoms with E-state index in [0.29, 0.717) is 23.4 Å². The second-order valence-electron chi connectivity index (χ2n) is 6.29. The van der Waals surface area contributed by atoms with Crippen molar-refractivity contribution in [2.24, 2.45) is 5.92 Å². The zero-order chi connectivity index (χ0) is 15.3. The van der Waals surface area contributed by atoms with E-state index in [4.69, 9.17) is 0 Å². The Hall–Kier alpha value is -2.21. The lowest BCUT2D eigenvalue weighted by Crippen LogP contribution is -2.44. The van der Waals surface area contributed by atoms with E-state index < -0.39 is 0 Å². The van der Waals surface area contributed by atoms with Crippen LogP contribution in [0.25, 0.3) is 11.3 Å². The largest absolute Gasteiger partial charge is 0.316 e. The van der Waals surface area contributed by atoms with Crippen molar-refractivity contribution >= 4 is 0 Å². The summed E-state index contributed by atoms with van der Waals surface area (Å²) in [6, 6.07) is 5.07. The van der Waals surface area contributed by atoms with Crippen LogP contribution in [0.2, 0.25) is 0 Å². The zero-order valence-electron chi connectivity index (χ0n) is 12.4. The summed E-state index contributed by atoms with van der Waals surface area (Å²) in [7, 11) is 0. The molecule has 0 aliphatic carbocycles. The van der Waals surface area contributed by atoms with Gasteiger partial charge < -0.3 is 14.9 Å². The van der Waals surface area contributed by atoms with Crippen LogP contribution in [-0.2, 0) is 6.54 Å². The number of aromatic nitrogens is 3. The number of piperidine rings is 1. The molecular weight excluding hydrogens is 280 g/mol. The average Bonchev–Trinajstić information content (AvgIpc) is 2.47. The first-order valence-electron chi connectivity index (χ1n) is 7.64. The molecule has 4 heterocycles. The predicted molar refractivity (Wildman–Crippen MR) is 83.0 cm³/mol. The second-order valence-corrected chi connectivity index (χ2v) is 6.29. The summed E-state index contributed by atoms with van der Waals surface area (Å²) < 4.78 is 1.89. The molecule has 4 rings (SSSR count). The summed E-state index contributed by atoms with van der Waals surface area (Å²) in [5.74, 6) is 1.46. The van der Waals surface area contributed by atoms with Gasteiger partial charge in [-0.2, -0.15) is 0 Å². The molecule has 114 valence electrons. The smallest absolute Gasteiger partial charge is 0.251 e. The van der Waals surface area contributed by atoms with Crippen molar-refractivity contribution in [2.75, 3.05) is 13.1 Å². The van der Waals surface area contributed by atoms with Gasteiger partial charge in [0.1, 0.15) is 5.82 Å². The first kappa shape index (κ1) is 13.5. The van der Waals surface area contributed by atoms with E-state index in [1.807, 2.05) is 10.6 Å². The Labute approximate surface area is 127 Å². The third-order valence-corrected chi connectivity index (χ3v) is 4.62. The van der Waals surface area contributed by atoms with E-state index in [2.05, 4.69) is 15.3 Å². The molecule has 1 saturated heterocycles. The highest BCUT2D eigenvalue weighted by atomic mass is 16.1. The van der Waals surface area contributed by atoms with E-state index in [9.17, 15) is 9.59 Å². The molecule has 6 heteroatoms. The molecule has 2 atom stereocenters. The van der Waals surface area contributed by atoms with Crippen molar-refractivity contribution in [1.29, 1.82) is 0 Å². The summed E-state index contributed by atoms with van der Waals surface area (Å²) in [5.41, 5.74) is 2.16. The minimum Gasteiger partial charge on any atom is -0.316 e. The van der Waals surface area contributed by atoms with Crippen LogP contribution in [0.15, 0.2) is 27.8 Å². The Balaban J connectivity index is 1.88. The van der Waals surface area contributed by atoms with Gasteiger partial charge in [0.15, 0.2) is 0 Å². The fourth-order valence-electron chi connectivity index (χ4n) is 3.68. The molecule has 0 aromatic carbocycles. The summed E-state index contributed by atoms with van der Waals surface area (Å²) in [6.07, 6.45) is 1.12. The van der Waals surface area contributed by atoms with Gasteiger partial charge >= 0.3 is 0 Å². The van der Waals surface area contributed by atoms with Crippen molar-refractivity contribution in [3.05, 3.63) is 50.4 Å². The number of nitrogens with zero attached hydrogens (tertiary/aromatic N) is 2. The molecule has 0 amide bonds. The SMILES string of the molecule is Cc1nc(-c2cc3n(c(=O)c2)C[C@@H]2CNC[C@H]3C2)cc(=O)[nH]1. The minimum absolute atomic E-state index is 0.00355. The van der Waals surface area contributed by atoms with Crippen molar-refractivity contribution in [3.8, 4) is 11.3 Å². The molecule has 2 N–H and O–H groups in total. The fourth-order valence-corrected chi connectivity index (χ4v) is 3.68. The molecule has 0 saturated carbocycles. The van der Waals surface area contributed by atoms with Crippen LogP contribution in [-0.4, -0.2) is 27.6 Å². The topological polar surface area (TPSA) is 79.8 Å². The number of rotatable bonds is 1. The van der Waals surface area contributed by atoms with E-state index in [-0.39, 0.29) is 11.1 Å². The molecule has 2 aliphatic rings. The van der Waals surface area contributed by atoms with Crippen LogP contribution in [0.1, 0.15) is 23.9 Å². The quantitative estimate of drug-likeness (QED) is 0.808. The van der Waals surface area contributed by atoms with Gasteiger partial charge in [-0.15, -0.1) is 0 Å². The number of nitrogens with one attached hydrogen (secondary N) is 2. The summed E-state index contributed by atoms with van der Waals surface area (Å²) in [4.78, 5) is 31.1. The molecule has 6 nitrogen and oxygen atoms in total. The van der Waals surface area contributed by atoms with Gasteiger partial charge in [0.2, 0.25) is 0 Å². The molecule has 0 radical (unpaired) electrons. The Bertz CT molecular complexity index is 852. The van der Waals surface area contributed by atoms with Crippen LogP contribution >= 0.6 is 0 Å². The van der Waals surface area contributed by atoms with Crippen molar-refractivity contribution < 1.29 is 0 Å². The molecule has 2 aromatic rings. The number of aromatic amines is 1. The van der Waals surface area contributed by atoms with Gasteiger partial charge in [-0.3, -0.25) is 9.59 Å². The van der Waals surface area contributed by atoms with Gasteiger partial charge in [0, 0.05) is 42.4 Å². The van der Waals surface area contributed by atoms with Crippen molar-refractivity contribution in [3.63, 3.8) is 0 Å². The highest BCUT2D eigenvalue weighted by molar-refractivity contribution is 5.59. The van der Waals surface area contributed by atoms with Crippen molar-refractivity contribution in [1.82, 2.24) is 19.9 Å². The van der Waals surface area contributed by atoms with E-state index >= 15 is 0 Å². The van der Waals surface area contributed by atoms with Gasteiger partial charge in [-0.25, -0.2) is 4.98 Å². The molecule has 1 fully saturated rings. The Morgan fingerprint density at radius 3 is 2.91 bits per heavy atom. The maximum atomic E-state index is 12.5. The molecule has 0 spiro atoms. The number of hydrogen-bond donors (Lipinski definition) is 2. The average molecular weight is 298 g/mol. The van der Waals surface area contributed by atoms with Crippen LogP contribution in [0.3, 0.4) is 0 Å². The third-order valence-electron chi connectivity index (χ3n) is 4.62. The molecule has 2 bridgehead atoms. The lowest BCUT2D eigenvalue weighted by Gasteiger charge is -2.37. The number of aryl methyl sites for hydroxylation is 1. The second kappa shape index (κ2) is 4.91. The molecule has 0 unspecified atom stereocenters. The van der Waals surface area contributed by atoms with Crippen LogP contribution in [0, 0.1) is 12.8 Å². The number of fused-ring (bicyclic) bond motifs is 4. The van der Waals surface area contributed by atoms with E-state index in [1.54, 1.807) is 13.0 Å². The van der Waals surface area contributed by atoms with Gasteiger partial charge in [-0.1, -0.05) is 0 Å². The fraction of sp³-hybridized carbons (Fsp3) is 0.438. The Kier molecular flexibility index (Phi) is 3.00. The lowest BCUT2D eigenvalue weighted by molar-refractivity contribution is 0.257. The first-order valence-corrected chi connectivity index (χ1v) is 7.64. The highest BCUT2D eigenvalue weighted by Crippen LogP contribution is 2.33. The normalized spacial score (nSPS) is 23.1. The summed E-state index contributed by atoms with van der Waals surface area (Å²) >= 11 is 0. The zero-order valence-corrected chi connectivity index (χ0v) is 12.4. The van der Waals surface area contributed by atoms with Gasteiger partial charge in [-0.05, 0) is 31.9 Å². The molecule has 2 aliphatic heterocycles. The highest BCUT2D eigenvalue weighted by Gasteiger charge is 2.31. The number of hydrogen-bond acceptors (Lipinski definition) is 4. The van der Waals surface area contributed by atoms with E-state index in [1.165, 1.54) is 6.07 Å². The maximum absolute atomic E-state index is 12.5. The van der Waals surface area contributed by atoms with Gasteiger partial charge in [0.25, 0.3) is 11.1 Å². The Morgan fingerprint density at radius 2 is 2.09 bits per heavy atom. The number of pyridine rings is 1. The van der Waals surface area contributed by atoms with Crippen LogP contribution < -0.4 is 16.4 Å². The van der Waals surface area contributed by atoms with Crippen LogP contribution in [0.4, 0.5) is 0 Å². The maximum Gasteiger partial charge on any atom is 0.251 e. The monoisotopic (exact) mass is 298 g/mol. The molecule has 22 heavy (non-hydrogen) atoms. The predicted octanol–water partition coefficient (Wildman–Crippen LogP) is 0.614.